The molecule has 1 fully saturated rings. The Labute approximate surface area is 121 Å². The lowest BCUT2D eigenvalue weighted by atomic mass is 9.95. The number of ether oxygens (including phenoxy) is 1. The summed E-state index contributed by atoms with van der Waals surface area (Å²) in [5, 5.41) is 12.8. The van der Waals surface area contributed by atoms with Crippen molar-refractivity contribution in [3.8, 4) is 0 Å². The van der Waals surface area contributed by atoms with Crippen LogP contribution in [0.15, 0.2) is 0 Å². The lowest BCUT2D eigenvalue weighted by molar-refractivity contribution is 0.00613. The third-order valence-corrected chi connectivity index (χ3v) is 3.89. The summed E-state index contributed by atoms with van der Waals surface area (Å²) < 4.78 is 5.42. The van der Waals surface area contributed by atoms with Gasteiger partial charge in [0.25, 0.3) is 0 Å². The van der Waals surface area contributed by atoms with E-state index in [-0.39, 0.29) is 29.9 Å². The van der Waals surface area contributed by atoms with Crippen LogP contribution in [-0.2, 0) is 4.74 Å². The first kappa shape index (κ1) is 16.6. The van der Waals surface area contributed by atoms with E-state index in [1.807, 2.05) is 27.7 Å². The van der Waals surface area contributed by atoms with Crippen molar-refractivity contribution in [3.05, 3.63) is 0 Å². The molecule has 0 radical (unpaired) electrons. The Morgan fingerprint density at radius 3 is 2.68 bits per heavy atom. The number of nitrogens with one attached hydrogen (secondary N) is 1. The van der Waals surface area contributed by atoms with Crippen LogP contribution in [0.4, 0.5) is 4.79 Å². The fourth-order valence-corrected chi connectivity index (χ4v) is 2.68. The monoisotopic (exact) mass is 290 g/mol. The highest BCUT2D eigenvalue weighted by Crippen LogP contribution is 2.22. The van der Waals surface area contributed by atoms with Gasteiger partial charge in [0.2, 0.25) is 0 Å². The molecule has 0 spiro atoms. The average Bonchev–Trinajstić information content (AvgIpc) is 2.25. The Morgan fingerprint density at radius 2 is 2.16 bits per heavy atom. The number of carbonyl (C=O) groups is 1. The molecule has 5 nitrogen and oxygen atoms in total. The number of thiol groups is 1. The van der Waals surface area contributed by atoms with Gasteiger partial charge < -0.3 is 20.1 Å². The summed E-state index contributed by atoms with van der Waals surface area (Å²) in [6.07, 6.45) is -0.331. The number of amides is 1. The Bertz CT molecular complexity index is 307. The van der Waals surface area contributed by atoms with E-state index in [1.54, 1.807) is 4.90 Å². The first-order valence-electron chi connectivity index (χ1n) is 6.75. The van der Waals surface area contributed by atoms with E-state index in [4.69, 9.17) is 4.74 Å². The van der Waals surface area contributed by atoms with Gasteiger partial charge in [-0.25, -0.2) is 4.79 Å². The topological polar surface area (TPSA) is 61.8 Å². The van der Waals surface area contributed by atoms with E-state index in [2.05, 4.69) is 17.9 Å². The highest BCUT2D eigenvalue weighted by Gasteiger charge is 2.34. The van der Waals surface area contributed by atoms with Crippen molar-refractivity contribution in [3.63, 3.8) is 0 Å². The maximum atomic E-state index is 12.2. The lowest BCUT2D eigenvalue weighted by Gasteiger charge is -2.39. The Kier molecular flexibility index (Phi) is 5.95. The van der Waals surface area contributed by atoms with Gasteiger partial charge in [0.15, 0.2) is 0 Å². The molecule has 0 bridgehead atoms. The molecule has 0 aromatic rings. The summed E-state index contributed by atoms with van der Waals surface area (Å²) >= 11 is 4.51. The Morgan fingerprint density at radius 1 is 1.53 bits per heavy atom. The third kappa shape index (κ3) is 4.85. The molecule has 1 heterocycles. The molecule has 3 atom stereocenters. The first-order chi connectivity index (χ1) is 8.76. The molecular formula is C13H26N2O3S. The molecule has 112 valence electrons. The lowest BCUT2D eigenvalue weighted by Crippen LogP contribution is -2.54. The number of aliphatic hydroxyl groups excluding tert-OH is 1. The fraction of sp³-hybridized carbons (Fsp3) is 0.923. The molecule has 0 aromatic carbocycles. The zero-order chi connectivity index (χ0) is 14.6. The van der Waals surface area contributed by atoms with Crippen LogP contribution in [0.1, 0.15) is 27.7 Å². The molecule has 0 aliphatic carbocycles. The number of hydrogen-bond acceptors (Lipinski definition) is 5. The van der Waals surface area contributed by atoms with Gasteiger partial charge in [-0.1, -0.05) is 0 Å². The summed E-state index contributed by atoms with van der Waals surface area (Å²) in [6.45, 7) is 9.52. The van der Waals surface area contributed by atoms with Crippen LogP contribution in [-0.4, -0.2) is 59.2 Å². The second-order valence-corrected chi connectivity index (χ2v) is 6.70. The van der Waals surface area contributed by atoms with Gasteiger partial charge in [0, 0.05) is 43.5 Å². The van der Waals surface area contributed by atoms with Crippen molar-refractivity contribution < 1.29 is 14.6 Å². The summed E-state index contributed by atoms with van der Waals surface area (Å²) in [5.74, 6) is -0.0661. The van der Waals surface area contributed by atoms with Gasteiger partial charge in [0.05, 0.1) is 0 Å². The van der Waals surface area contributed by atoms with Gasteiger partial charge in [-0.2, -0.15) is 12.6 Å². The number of nitrogens with zero attached hydrogens (tertiary/aromatic N) is 1. The average molecular weight is 290 g/mol. The predicted octanol–water partition coefficient (Wildman–Crippen LogP) is 1.12. The largest absolute Gasteiger partial charge is 0.444 e. The van der Waals surface area contributed by atoms with Crippen LogP contribution in [0.3, 0.4) is 0 Å². The minimum Gasteiger partial charge on any atom is -0.444 e. The van der Waals surface area contributed by atoms with E-state index in [9.17, 15) is 9.90 Å². The van der Waals surface area contributed by atoms with Crippen LogP contribution in [0.5, 0.6) is 0 Å². The first-order valence-corrected chi connectivity index (χ1v) is 7.27. The van der Waals surface area contributed by atoms with Crippen molar-refractivity contribution in [2.75, 3.05) is 26.2 Å². The summed E-state index contributed by atoms with van der Waals surface area (Å²) in [5.41, 5.74) is -0.512. The molecule has 0 saturated carbocycles. The summed E-state index contributed by atoms with van der Waals surface area (Å²) in [6, 6.07) is -0.0931. The van der Waals surface area contributed by atoms with Crippen molar-refractivity contribution in [2.45, 2.75) is 44.6 Å². The van der Waals surface area contributed by atoms with E-state index >= 15 is 0 Å². The van der Waals surface area contributed by atoms with Gasteiger partial charge in [-0.05, 0) is 27.7 Å². The summed E-state index contributed by atoms with van der Waals surface area (Å²) in [7, 11) is 0. The predicted molar refractivity (Wildman–Crippen MR) is 78.6 cm³/mol. The fourth-order valence-electron chi connectivity index (χ4n) is 2.21. The van der Waals surface area contributed by atoms with Gasteiger partial charge in [-0.3, -0.25) is 0 Å². The molecule has 2 N–H and O–H groups in total. The highest BCUT2D eigenvalue weighted by atomic mass is 32.1. The quantitative estimate of drug-likeness (QED) is 0.633. The molecule has 1 saturated heterocycles. The number of carbonyl (C=O) groups excluding carboxylic acids is 1. The zero-order valence-corrected chi connectivity index (χ0v) is 13.1. The number of rotatable bonds is 1. The SMILES string of the molecule is CC1C(CO)C(S)CNCCN1C(=O)OC(C)(C)C. The maximum absolute atomic E-state index is 12.2. The van der Waals surface area contributed by atoms with Crippen LogP contribution >= 0.6 is 12.6 Å². The molecule has 1 amide bonds. The Balaban J connectivity index is 2.81. The van der Waals surface area contributed by atoms with Gasteiger partial charge in [0.1, 0.15) is 5.60 Å². The minimum absolute atomic E-state index is 0.0102. The molecule has 19 heavy (non-hydrogen) atoms. The second-order valence-electron chi connectivity index (χ2n) is 6.03. The molecular weight excluding hydrogens is 264 g/mol. The van der Waals surface area contributed by atoms with Gasteiger partial charge >= 0.3 is 6.09 Å². The van der Waals surface area contributed by atoms with E-state index in [0.29, 0.717) is 13.1 Å². The molecule has 3 unspecified atom stereocenters. The molecule has 6 heteroatoms. The molecule has 1 aliphatic heterocycles. The molecule has 0 aromatic heterocycles. The molecule has 1 aliphatic rings. The second kappa shape index (κ2) is 6.81. The highest BCUT2D eigenvalue weighted by molar-refractivity contribution is 7.81. The van der Waals surface area contributed by atoms with Gasteiger partial charge in [-0.15, -0.1) is 0 Å². The smallest absolute Gasteiger partial charge is 0.410 e. The van der Waals surface area contributed by atoms with E-state index in [0.717, 1.165) is 6.54 Å². The third-order valence-electron chi connectivity index (χ3n) is 3.33. The molecule has 1 rings (SSSR count). The zero-order valence-electron chi connectivity index (χ0n) is 12.2. The van der Waals surface area contributed by atoms with E-state index in [1.165, 1.54) is 0 Å². The summed E-state index contributed by atoms with van der Waals surface area (Å²) in [4.78, 5) is 13.9. The van der Waals surface area contributed by atoms with Crippen molar-refractivity contribution in [1.29, 1.82) is 0 Å². The standard InChI is InChI=1S/C13H26N2O3S/c1-9-10(8-16)11(19)7-14-5-6-15(9)12(17)18-13(2,3)4/h9-11,14,16,19H,5-8H2,1-4H3. The van der Waals surface area contributed by atoms with Crippen LogP contribution in [0.2, 0.25) is 0 Å². The normalized spacial score (nSPS) is 29.6. The number of aliphatic hydroxyl groups is 1. The van der Waals surface area contributed by atoms with Crippen LogP contribution < -0.4 is 5.32 Å². The van der Waals surface area contributed by atoms with E-state index < -0.39 is 5.60 Å². The van der Waals surface area contributed by atoms with Crippen LogP contribution in [0, 0.1) is 5.92 Å². The van der Waals surface area contributed by atoms with Crippen molar-refractivity contribution in [2.24, 2.45) is 5.92 Å². The maximum Gasteiger partial charge on any atom is 0.410 e. The van der Waals surface area contributed by atoms with Crippen molar-refractivity contribution >= 4 is 18.7 Å². The van der Waals surface area contributed by atoms with Crippen molar-refractivity contribution in [1.82, 2.24) is 10.2 Å². The Hall–Kier alpha value is -0.460. The number of hydrogen-bond donors (Lipinski definition) is 3. The minimum atomic E-state index is -0.512. The van der Waals surface area contributed by atoms with Crippen LogP contribution in [0.25, 0.3) is 0 Å².